The number of esters is 2. The van der Waals surface area contributed by atoms with Gasteiger partial charge in [-0.1, -0.05) is 24.8 Å². The van der Waals surface area contributed by atoms with Crippen molar-refractivity contribution in [3.8, 4) is 0 Å². The van der Waals surface area contributed by atoms with Crippen molar-refractivity contribution in [2.24, 2.45) is 0 Å². The average Bonchev–Trinajstić information content (AvgIpc) is 3.44. The van der Waals surface area contributed by atoms with E-state index in [1.807, 2.05) is 0 Å². The first-order chi connectivity index (χ1) is 17.3. The second-order valence-corrected chi connectivity index (χ2v) is 8.05. The van der Waals surface area contributed by atoms with E-state index in [1.54, 1.807) is 34.9 Å². The van der Waals surface area contributed by atoms with Crippen LogP contribution in [0.4, 0.5) is 5.82 Å². The Labute approximate surface area is 205 Å². The molecule has 36 heavy (non-hydrogen) atoms. The number of nitrogens with one attached hydrogen (secondary N) is 1. The minimum absolute atomic E-state index is 0.177. The van der Waals surface area contributed by atoms with Crippen molar-refractivity contribution < 1.29 is 28.7 Å². The summed E-state index contributed by atoms with van der Waals surface area (Å²) in [5, 5.41) is 2.74. The fourth-order valence-corrected chi connectivity index (χ4v) is 4.20. The second-order valence-electron chi connectivity index (χ2n) is 8.05. The molecule has 1 aliphatic rings. The van der Waals surface area contributed by atoms with E-state index in [0.717, 1.165) is 6.08 Å². The van der Waals surface area contributed by atoms with Crippen LogP contribution in [0.25, 0.3) is 11.2 Å². The molecule has 1 fully saturated rings. The number of benzene rings is 1. The molecule has 0 spiro atoms. The quantitative estimate of drug-likeness (QED) is 0.386. The number of aromatic nitrogens is 4. The number of fused-ring (bicyclic) bond motifs is 1. The number of nitrogens with zero attached hydrogens (tertiary/aromatic N) is 5. The van der Waals surface area contributed by atoms with Gasteiger partial charge in [0, 0.05) is 25.8 Å². The first kappa shape index (κ1) is 24.5. The molecule has 0 aliphatic carbocycles. The van der Waals surface area contributed by atoms with Gasteiger partial charge in [0.2, 0.25) is 5.91 Å². The minimum atomic E-state index is -0.759. The fraction of sp³-hybridized carbons (Fsp3) is 0.292. The third-order valence-corrected chi connectivity index (χ3v) is 5.70. The number of carbonyl (C=O) groups excluding carboxylic acids is 4. The molecule has 12 heteroatoms. The number of amides is 2. The number of carbonyl (C=O) groups is 4. The molecular formula is C24H24N6O6. The molecule has 3 atom stereocenters. The van der Waals surface area contributed by atoms with Crippen LogP contribution in [0.5, 0.6) is 0 Å². The highest BCUT2D eigenvalue weighted by Crippen LogP contribution is 2.37. The third kappa shape index (κ3) is 4.92. The Morgan fingerprint density at radius 3 is 2.53 bits per heavy atom. The predicted molar refractivity (Wildman–Crippen MR) is 126 cm³/mol. The largest absolute Gasteiger partial charge is 0.464 e. The van der Waals surface area contributed by atoms with Gasteiger partial charge in [0.05, 0.1) is 6.33 Å². The number of hydrogen-bond acceptors (Lipinski definition) is 9. The molecule has 12 nitrogen and oxygen atoms in total. The van der Waals surface area contributed by atoms with Crippen molar-refractivity contribution in [2.45, 2.75) is 38.6 Å². The lowest BCUT2D eigenvalue weighted by Crippen LogP contribution is -2.45. The van der Waals surface area contributed by atoms with Gasteiger partial charge in [-0.2, -0.15) is 0 Å². The summed E-state index contributed by atoms with van der Waals surface area (Å²) in [6.45, 7) is 5.90. The van der Waals surface area contributed by atoms with E-state index in [4.69, 9.17) is 9.47 Å². The van der Waals surface area contributed by atoms with Crippen molar-refractivity contribution in [1.29, 1.82) is 0 Å². The molecular weight excluding hydrogens is 468 g/mol. The zero-order valence-corrected chi connectivity index (χ0v) is 19.7. The highest BCUT2D eigenvalue weighted by molar-refractivity contribution is 6.06. The molecule has 3 heterocycles. The molecule has 0 radical (unpaired) electrons. The van der Waals surface area contributed by atoms with Crippen LogP contribution in [-0.4, -0.2) is 66.9 Å². The van der Waals surface area contributed by atoms with Gasteiger partial charge >= 0.3 is 11.9 Å². The third-order valence-electron chi connectivity index (χ3n) is 5.70. The van der Waals surface area contributed by atoms with Gasteiger partial charge < -0.3 is 19.7 Å². The van der Waals surface area contributed by atoms with Crippen LogP contribution in [-0.2, 0) is 23.9 Å². The van der Waals surface area contributed by atoms with Gasteiger partial charge in [0.15, 0.2) is 17.0 Å². The number of anilines is 1. The van der Waals surface area contributed by atoms with E-state index >= 15 is 0 Å². The molecule has 1 aromatic carbocycles. The normalized spacial score (nSPS) is 19.1. The van der Waals surface area contributed by atoms with E-state index < -0.39 is 36.2 Å². The maximum Gasteiger partial charge on any atom is 0.302 e. The summed E-state index contributed by atoms with van der Waals surface area (Å²) in [5.74, 6) is -1.71. The van der Waals surface area contributed by atoms with E-state index in [9.17, 15) is 19.2 Å². The Morgan fingerprint density at radius 2 is 1.86 bits per heavy atom. The van der Waals surface area contributed by atoms with Crippen molar-refractivity contribution in [3.05, 3.63) is 61.2 Å². The van der Waals surface area contributed by atoms with Gasteiger partial charge in [-0.05, 0) is 18.2 Å². The second kappa shape index (κ2) is 10.3. The summed E-state index contributed by atoms with van der Waals surface area (Å²) >= 11 is 0. The van der Waals surface area contributed by atoms with Crippen LogP contribution >= 0.6 is 0 Å². The number of likely N-dealkylation sites (tertiary alicyclic amines) is 1. The molecule has 1 N–H and O–H groups in total. The first-order valence-electron chi connectivity index (χ1n) is 11.1. The van der Waals surface area contributed by atoms with Gasteiger partial charge in [0.1, 0.15) is 31.2 Å². The van der Waals surface area contributed by atoms with Gasteiger partial charge in [0.25, 0.3) is 5.91 Å². The summed E-state index contributed by atoms with van der Waals surface area (Å²) in [5.41, 5.74) is 1.09. The lowest BCUT2D eigenvalue weighted by atomic mass is 10.1. The van der Waals surface area contributed by atoms with Crippen molar-refractivity contribution in [1.82, 2.24) is 24.4 Å². The summed E-state index contributed by atoms with van der Waals surface area (Å²) in [6, 6.07) is 7.87. The zero-order chi connectivity index (χ0) is 25.8. The predicted octanol–water partition coefficient (Wildman–Crippen LogP) is 1.86. The van der Waals surface area contributed by atoms with E-state index in [0.29, 0.717) is 16.7 Å². The van der Waals surface area contributed by atoms with Crippen molar-refractivity contribution in [2.75, 3.05) is 11.9 Å². The van der Waals surface area contributed by atoms with E-state index in [-0.39, 0.29) is 24.8 Å². The van der Waals surface area contributed by atoms with E-state index in [1.165, 1.54) is 31.4 Å². The Bertz CT molecular complexity index is 1320. The topological polar surface area (TPSA) is 146 Å². The standard InChI is InChI=1S/C24H24N6O6/c1-4-20(33)30-17(11-35-14(2)31)18(36-15(3)32)10-19(30)29-13-27-21-22(25-12-26-23(21)29)28-24(34)16-8-6-5-7-9-16/h4-9,12-13,17-19H,1,10-11H2,2-3H3,(H,25,26,28,34)/t17-,18+,19+/m1/s1. The summed E-state index contributed by atoms with van der Waals surface area (Å²) in [4.78, 5) is 63.1. The molecule has 1 saturated heterocycles. The van der Waals surface area contributed by atoms with Crippen LogP contribution in [0.15, 0.2) is 55.6 Å². The molecule has 186 valence electrons. The monoisotopic (exact) mass is 492 g/mol. The molecule has 4 rings (SSSR count). The first-order valence-corrected chi connectivity index (χ1v) is 11.1. The number of imidazole rings is 1. The summed E-state index contributed by atoms with van der Waals surface area (Å²) < 4.78 is 12.3. The highest BCUT2D eigenvalue weighted by Gasteiger charge is 2.47. The number of hydrogen-bond donors (Lipinski definition) is 1. The van der Waals surface area contributed by atoms with Crippen LogP contribution in [0.3, 0.4) is 0 Å². The molecule has 1 aliphatic heterocycles. The molecule has 0 unspecified atom stereocenters. The van der Waals surface area contributed by atoms with Gasteiger partial charge in [-0.3, -0.25) is 23.7 Å². The molecule has 3 aromatic rings. The van der Waals surface area contributed by atoms with Crippen LogP contribution in [0.1, 0.15) is 36.8 Å². The average molecular weight is 492 g/mol. The fourth-order valence-electron chi connectivity index (χ4n) is 4.20. The van der Waals surface area contributed by atoms with E-state index in [2.05, 4.69) is 26.8 Å². The maximum absolute atomic E-state index is 12.9. The van der Waals surface area contributed by atoms with Crippen LogP contribution in [0, 0.1) is 0 Å². The van der Waals surface area contributed by atoms with Gasteiger partial charge in [-0.15, -0.1) is 0 Å². The molecule has 2 amide bonds. The Hall–Kier alpha value is -4.61. The summed E-state index contributed by atoms with van der Waals surface area (Å²) in [7, 11) is 0. The molecule has 0 bridgehead atoms. The number of rotatable bonds is 7. The lowest BCUT2D eigenvalue weighted by Gasteiger charge is -2.30. The van der Waals surface area contributed by atoms with Crippen LogP contribution in [0.2, 0.25) is 0 Å². The Morgan fingerprint density at radius 1 is 1.11 bits per heavy atom. The molecule has 0 saturated carbocycles. The smallest absolute Gasteiger partial charge is 0.302 e. The van der Waals surface area contributed by atoms with Crippen molar-refractivity contribution >= 4 is 40.7 Å². The SMILES string of the molecule is C=CC(=O)N1[C@H](COC(C)=O)[C@@H](OC(C)=O)C[C@H]1n1cnc2c(NC(=O)c3ccccc3)ncnc21. The minimum Gasteiger partial charge on any atom is -0.464 e. The molecule has 2 aromatic heterocycles. The highest BCUT2D eigenvalue weighted by atomic mass is 16.6. The maximum atomic E-state index is 12.9. The van der Waals surface area contributed by atoms with Crippen molar-refractivity contribution in [3.63, 3.8) is 0 Å². The lowest BCUT2D eigenvalue weighted by molar-refractivity contribution is -0.153. The zero-order valence-electron chi connectivity index (χ0n) is 19.7. The number of ether oxygens (including phenoxy) is 2. The summed E-state index contributed by atoms with van der Waals surface area (Å²) in [6.07, 6.45) is 2.60. The Balaban J connectivity index is 1.71. The van der Waals surface area contributed by atoms with Crippen LogP contribution < -0.4 is 5.32 Å². The van der Waals surface area contributed by atoms with Gasteiger partial charge in [-0.25, -0.2) is 15.0 Å². The Kier molecular flexibility index (Phi) is 7.04.